The van der Waals surface area contributed by atoms with Crippen molar-refractivity contribution in [3.63, 3.8) is 0 Å². The number of hydrogen-bond donors (Lipinski definition) is 0. The molecule has 0 spiro atoms. The van der Waals surface area contributed by atoms with E-state index in [4.69, 9.17) is 4.42 Å². The number of furan rings is 1. The second-order valence-corrected chi connectivity index (χ2v) is 13.9. The zero-order valence-electron chi connectivity index (χ0n) is 28.3. The standard InChI is InChI=1S/C47H37NO/c1-30-26-31(2)45-40-29-34(22-25-41(40)47(3,4)42(45)27-30)33-12-10-15-37(28-33)48(35-13-6-5-7-14-35)36-23-20-32(21-24-36)38-17-11-19-44-46(38)39-16-8-9-18-43(39)49-44/h5-29H,1-4H3. The second kappa shape index (κ2) is 11.1. The van der Waals surface area contributed by atoms with Crippen molar-refractivity contribution in [1.82, 2.24) is 0 Å². The third kappa shape index (κ3) is 4.70. The lowest BCUT2D eigenvalue weighted by Gasteiger charge is -2.26. The molecule has 1 aliphatic carbocycles. The number of hydrogen-bond acceptors (Lipinski definition) is 2. The topological polar surface area (TPSA) is 16.4 Å². The predicted molar refractivity (Wildman–Crippen MR) is 206 cm³/mol. The Morgan fingerprint density at radius 1 is 0.490 bits per heavy atom. The Hall–Kier alpha value is -5.86. The first-order valence-electron chi connectivity index (χ1n) is 17.1. The summed E-state index contributed by atoms with van der Waals surface area (Å²) >= 11 is 0. The molecule has 2 nitrogen and oxygen atoms in total. The highest BCUT2D eigenvalue weighted by molar-refractivity contribution is 6.12. The Morgan fingerprint density at radius 2 is 1.16 bits per heavy atom. The van der Waals surface area contributed by atoms with Gasteiger partial charge in [-0.15, -0.1) is 0 Å². The highest BCUT2D eigenvalue weighted by atomic mass is 16.3. The molecule has 9 rings (SSSR count). The van der Waals surface area contributed by atoms with E-state index in [0.717, 1.165) is 44.6 Å². The number of anilines is 3. The van der Waals surface area contributed by atoms with Gasteiger partial charge in [0.25, 0.3) is 0 Å². The molecule has 7 aromatic carbocycles. The molecule has 0 radical (unpaired) electrons. The maximum Gasteiger partial charge on any atom is 0.136 e. The molecule has 8 aromatic rings. The zero-order chi connectivity index (χ0) is 33.3. The van der Waals surface area contributed by atoms with Crippen LogP contribution in [-0.4, -0.2) is 0 Å². The van der Waals surface area contributed by atoms with Gasteiger partial charge in [0.15, 0.2) is 0 Å². The van der Waals surface area contributed by atoms with Gasteiger partial charge in [-0.25, -0.2) is 0 Å². The number of nitrogens with zero attached hydrogens (tertiary/aromatic N) is 1. The summed E-state index contributed by atoms with van der Waals surface area (Å²) in [7, 11) is 0. The van der Waals surface area contributed by atoms with Gasteiger partial charge in [-0.05, 0) is 119 Å². The monoisotopic (exact) mass is 631 g/mol. The van der Waals surface area contributed by atoms with Gasteiger partial charge in [-0.1, -0.05) is 116 Å². The van der Waals surface area contributed by atoms with E-state index in [0.29, 0.717) is 0 Å². The van der Waals surface area contributed by atoms with Crippen LogP contribution < -0.4 is 4.90 Å². The highest BCUT2D eigenvalue weighted by Crippen LogP contribution is 2.51. The Bertz CT molecular complexity index is 2540. The summed E-state index contributed by atoms with van der Waals surface area (Å²) in [5.74, 6) is 0. The second-order valence-electron chi connectivity index (χ2n) is 13.9. The van der Waals surface area contributed by atoms with Crippen LogP contribution in [0.25, 0.3) is 55.3 Å². The Balaban J connectivity index is 1.13. The summed E-state index contributed by atoms with van der Waals surface area (Å²) in [6.45, 7) is 9.18. The molecule has 0 fully saturated rings. The smallest absolute Gasteiger partial charge is 0.136 e. The van der Waals surface area contributed by atoms with Crippen LogP contribution in [0.3, 0.4) is 0 Å². The van der Waals surface area contributed by atoms with Crippen LogP contribution >= 0.6 is 0 Å². The van der Waals surface area contributed by atoms with Crippen LogP contribution in [0.4, 0.5) is 17.1 Å². The summed E-state index contributed by atoms with van der Waals surface area (Å²) in [5, 5.41) is 2.30. The fourth-order valence-electron chi connectivity index (χ4n) is 8.09. The van der Waals surface area contributed by atoms with Gasteiger partial charge in [0.2, 0.25) is 0 Å². The van der Waals surface area contributed by atoms with Gasteiger partial charge in [0.1, 0.15) is 11.2 Å². The molecule has 1 heterocycles. The van der Waals surface area contributed by atoms with Gasteiger partial charge in [0, 0.05) is 33.2 Å². The Labute approximate surface area is 287 Å². The third-order valence-electron chi connectivity index (χ3n) is 10.4. The molecule has 0 saturated heterocycles. The first kappa shape index (κ1) is 29.3. The molecule has 1 aliphatic rings. The lowest BCUT2D eigenvalue weighted by molar-refractivity contribution is 0.659. The Morgan fingerprint density at radius 3 is 2.00 bits per heavy atom. The fraction of sp³-hybridized carbons (Fsp3) is 0.106. The summed E-state index contributed by atoms with van der Waals surface area (Å²) in [6.07, 6.45) is 0. The van der Waals surface area contributed by atoms with Gasteiger partial charge in [-0.2, -0.15) is 0 Å². The molecule has 0 bridgehead atoms. The maximum atomic E-state index is 6.19. The summed E-state index contributed by atoms with van der Waals surface area (Å²) in [4.78, 5) is 2.35. The number of para-hydroxylation sites is 2. The Kier molecular flexibility index (Phi) is 6.64. The van der Waals surface area contributed by atoms with Crippen LogP contribution in [0.2, 0.25) is 0 Å². The molecular formula is C47H37NO. The molecule has 2 heteroatoms. The quantitative estimate of drug-likeness (QED) is 0.188. The minimum Gasteiger partial charge on any atom is -0.456 e. The van der Waals surface area contributed by atoms with Crippen molar-refractivity contribution < 1.29 is 4.42 Å². The molecule has 236 valence electrons. The van der Waals surface area contributed by atoms with E-state index in [1.165, 1.54) is 50.1 Å². The minimum absolute atomic E-state index is 0.0195. The van der Waals surface area contributed by atoms with Crippen LogP contribution in [-0.2, 0) is 5.41 Å². The van der Waals surface area contributed by atoms with E-state index in [-0.39, 0.29) is 5.41 Å². The van der Waals surface area contributed by atoms with Crippen molar-refractivity contribution in [1.29, 1.82) is 0 Å². The summed E-state index contributed by atoms with van der Waals surface area (Å²) < 4.78 is 6.19. The number of fused-ring (bicyclic) bond motifs is 6. The normalized spacial score (nSPS) is 13.1. The van der Waals surface area contributed by atoms with Gasteiger partial charge < -0.3 is 9.32 Å². The van der Waals surface area contributed by atoms with E-state index in [1.54, 1.807) is 0 Å². The molecule has 1 aromatic heterocycles. The first-order valence-corrected chi connectivity index (χ1v) is 17.1. The minimum atomic E-state index is -0.0195. The average molecular weight is 632 g/mol. The van der Waals surface area contributed by atoms with Crippen molar-refractivity contribution in [3.8, 4) is 33.4 Å². The van der Waals surface area contributed by atoms with Crippen molar-refractivity contribution in [2.24, 2.45) is 0 Å². The largest absolute Gasteiger partial charge is 0.456 e. The predicted octanol–water partition coefficient (Wildman–Crippen LogP) is 13.3. The van der Waals surface area contributed by atoms with Crippen LogP contribution in [0.15, 0.2) is 156 Å². The van der Waals surface area contributed by atoms with Crippen molar-refractivity contribution in [2.45, 2.75) is 33.1 Å². The molecule has 0 unspecified atom stereocenters. The number of benzene rings is 7. The van der Waals surface area contributed by atoms with Crippen molar-refractivity contribution >= 4 is 39.0 Å². The van der Waals surface area contributed by atoms with Crippen LogP contribution in [0, 0.1) is 13.8 Å². The average Bonchev–Trinajstić information content (AvgIpc) is 3.61. The molecule has 0 amide bonds. The van der Waals surface area contributed by atoms with Crippen LogP contribution in [0.5, 0.6) is 0 Å². The van der Waals surface area contributed by atoms with Crippen LogP contribution in [0.1, 0.15) is 36.1 Å². The molecule has 0 N–H and O–H groups in total. The van der Waals surface area contributed by atoms with E-state index in [1.807, 2.05) is 12.1 Å². The number of aryl methyl sites for hydroxylation is 2. The first-order chi connectivity index (χ1) is 23.9. The van der Waals surface area contributed by atoms with Crippen molar-refractivity contribution in [3.05, 3.63) is 174 Å². The van der Waals surface area contributed by atoms with Crippen molar-refractivity contribution in [2.75, 3.05) is 4.90 Å². The lowest BCUT2D eigenvalue weighted by Crippen LogP contribution is -2.15. The van der Waals surface area contributed by atoms with E-state index in [2.05, 4.69) is 172 Å². The molecule has 0 aliphatic heterocycles. The van der Waals surface area contributed by atoms with Gasteiger partial charge in [0.05, 0.1) is 0 Å². The third-order valence-corrected chi connectivity index (χ3v) is 10.4. The molecular weight excluding hydrogens is 595 g/mol. The number of rotatable bonds is 5. The highest BCUT2D eigenvalue weighted by Gasteiger charge is 2.36. The molecule has 0 saturated carbocycles. The molecule has 49 heavy (non-hydrogen) atoms. The summed E-state index contributed by atoms with van der Waals surface area (Å²) in [5.41, 5.74) is 18.2. The SMILES string of the molecule is Cc1cc(C)c2c(c1)C(C)(C)c1ccc(-c3cccc(N(c4ccccc4)c4ccc(-c5cccc6oc7ccccc7c56)cc4)c3)cc1-2. The van der Waals surface area contributed by atoms with Gasteiger partial charge >= 0.3 is 0 Å². The fourth-order valence-corrected chi connectivity index (χ4v) is 8.09. The molecule has 0 atom stereocenters. The van der Waals surface area contributed by atoms with E-state index < -0.39 is 0 Å². The maximum absolute atomic E-state index is 6.19. The zero-order valence-corrected chi connectivity index (χ0v) is 28.3. The lowest BCUT2D eigenvalue weighted by atomic mass is 9.81. The van der Waals surface area contributed by atoms with E-state index >= 15 is 0 Å². The van der Waals surface area contributed by atoms with E-state index in [9.17, 15) is 0 Å². The summed E-state index contributed by atoms with van der Waals surface area (Å²) in [6, 6.07) is 54.9. The van der Waals surface area contributed by atoms with Gasteiger partial charge in [-0.3, -0.25) is 0 Å².